The van der Waals surface area contributed by atoms with Gasteiger partial charge in [-0.3, -0.25) is 4.79 Å². The van der Waals surface area contributed by atoms with Crippen molar-refractivity contribution in [3.05, 3.63) is 41.4 Å². The molecule has 0 saturated heterocycles. The van der Waals surface area contributed by atoms with E-state index in [1.807, 2.05) is 0 Å². The number of carbonyl (C=O) groups excluding carboxylic acids is 2. The van der Waals surface area contributed by atoms with Crippen LogP contribution in [0, 0.1) is 6.92 Å². The molecule has 0 bridgehead atoms. The standard InChI is InChI=1S/C21H23N3O7/c1-4-28-21(26)17-12(2)31-20-18(17)19(22)23-15(24-20)11-30-16(25)9-10-29-14-7-5-13(27-3)6-8-14/h5-8H,4,9-11H2,1-3H3,(H2,22,23,24). The summed E-state index contributed by atoms with van der Waals surface area (Å²) in [6.45, 7) is 3.46. The Morgan fingerprint density at radius 1 is 1.10 bits per heavy atom. The molecule has 1 aromatic carbocycles. The second kappa shape index (κ2) is 9.79. The van der Waals surface area contributed by atoms with Crippen LogP contribution in [-0.4, -0.2) is 42.2 Å². The lowest BCUT2D eigenvalue weighted by atomic mass is 10.2. The van der Waals surface area contributed by atoms with Crippen LogP contribution < -0.4 is 15.2 Å². The number of nitrogen functional groups attached to an aromatic ring is 1. The first kappa shape index (κ1) is 21.9. The van der Waals surface area contributed by atoms with Gasteiger partial charge in [-0.2, -0.15) is 4.98 Å². The molecule has 0 saturated carbocycles. The highest BCUT2D eigenvalue weighted by atomic mass is 16.5. The number of esters is 2. The van der Waals surface area contributed by atoms with E-state index in [0.717, 1.165) is 0 Å². The highest BCUT2D eigenvalue weighted by Gasteiger charge is 2.24. The molecule has 0 aliphatic carbocycles. The van der Waals surface area contributed by atoms with Gasteiger partial charge in [0.15, 0.2) is 12.4 Å². The van der Waals surface area contributed by atoms with Crippen molar-refractivity contribution in [2.24, 2.45) is 0 Å². The number of ether oxygens (including phenoxy) is 4. The van der Waals surface area contributed by atoms with Gasteiger partial charge in [0, 0.05) is 0 Å². The van der Waals surface area contributed by atoms with Crippen molar-refractivity contribution in [1.29, 1.82) is 0 Å². The van der Waals surface area contributed by atoms with Gasteiger partial charge < -0.3 is 29.1 Å². The summed E-state index contributed by atoms with van der Waals surface area (Å²) in [4.78, 5) is 32.4. The Balaban J connectivity index is 1.57. The van der Waals surface area contributed by atoms with Crippen LogP contribution in [0.25, 0.3) is 11.1 Å². The van der Waals surface area contributed by atoms with E-state index in [-0.39, 0.29) is 54.5 Å². The maximum Gasteiger partial charge on any atom is 0.342 e. The third-order valence-corrected chi connectivity index (χ3v) is 4.28. The fourth-order valence-corrected chi connectivity index (χ4v) is 2.84. The van der Waals surface area contributed by atoms with Gasteiger partial charge in [0.25, 0.3) is 0 Å². The topological polar surface area (TPSA) is 136 Å². The van der Waals surface area contributed by atoms with E-state index in [1.54, 1.807) is 45.2 Å². The highest BCUT2D eigenvalue weighted by molar-refractivity contribution is 6.07. The largest absolute Gasteiger partial charge is 0.497 e. The van der Waals surface area contributed by atoms with Crippen LogP contribution >= 0.6 is 0 Å². The maximum absolute atomic E-state index is 12.1. The molecule has 0 aliphatic rings. The van der Waals surface area contributed by atoms with Gasteiger partial charge in [0.05, 0.1) is 32.1 Å². The molecule has 10 heteroatoms. The number of rotatable bonds is 9. The molecule has 0 fully saturated rings. The van der Waals surface area contributed by atoms with Crippen LogP contribution in [0.3, 0.4) is 0 Å². The molecule has 2 aromatic heterocycles. The van der Waals surface area contributed by atoms with E-state index in [1.165, 1.54) is 0 Å². The minimum atomic E-state index is -0.565. The van der Waals surface area contributed by atoms with E-state index in [2.05, 4.69) is 9.97 Å². The highest BCUT2D eigenvalue weighted by Crippen LogP contribution is 2.29. The summed E-state index contributed by atoms with van der Waals surface area (Å²) in [5, 5.41) is 0.277. The Bertz CT molecular complexity index is 1080. The third-order valence-electron chi connectivity index (χ3n) is 4.28. The van der Waals surface area contributed by atoms with Crippen LogP contribution in [0.2, 0.25) is 0 Å². The lowest BCUT2D eigenvalue weighted by Crippen LogP contribution is -2.12. The second-order valence-electron chi connectivity index (χ2n) is 6.39. The van der Waals surface area contributed by atoms with Gasteiger partial charge in [0.2, 0.25) is 5.71 Å². The molecule has 2 heterocycles. The van der Waals surface area contributed by atoms with E-state index >= 15 is 0 Å². The molecule has 0 aliphatic heterocycles. The lowest BCUT2D eigenvalue weighted by molar-refractivity contribution is -0.145. The number of hydrogen-bond donors (Lipinski definition) is 1. The smallest absolute Gasteiger partial charge is 0.342 e. The minimum Gasteiger partial charge on any atom is -0.497 e. The van der Waals surface area contributed by atoms with E-state index in [0.29, 0.717) is 17.3 Å². The number of carbonyl (C=O) groups is 2. The average molecular weight is 429 g/mol. The van der Waals surface area contributed by atoms with Gasteiger partial charge >= 0.3 is 11.9 Å². The summed E-state index contributed by atoms with van der Waals surface area (Å²) in [7, 11) is 1.58. The van der Waals surface area contributed by atoms with Gasteiger partial charge in [-0.1, -0.05) is 0 Å². The normalized spacial score (nSPS) is 10.7. The van der Waals surface area contributed by atoms with Crippen LogP contribution in [0.15, 0.2) is 28.7 Å². The van der Waals surface area contributed by atoms with E-state index in [4.69, 9.17) is 29.1 Å². The SMILES string of the molecule is CCOC(=O)c1c(C)oc2nc(COC(=O)CCOc3ccc(OC)cc3)nc(N)c12. The van der Waals surface area contributed by atoms with Crippen LogP contribution in [0.5, 0.6) is 11.5 Å². The van der Waals surface area contributed by atoms with E-state index in [9.17, 15) is 9.59 Å². The predicted molar refractivity (Wildman–Crippen MR) is 110 cm³/mol. The van der Waals surface area contributed by atoms with Crippen molar-refractivity contribution in [2.45, 2.75) is 26.9 Å². The summed E-state index contributed by atoms with van der Waals surface area (Å²) in [5.74, 6) is 0.783. The molecular formula is C21H23N3O7. The fourth-order valence-electron chi connectivity index (χ4n) is 2.84. The van der Waals surface area contributed by atoms with Crippen molar-refractivity contribution >= 4 is 28.9 Å². The molecule has 164 valence electrons. The number of benzene rings is 1. The maximum atomic E-state index is 12.1. The molecule has 31 heavy (non-hydrogen) atoms. The zero-order valence-electron chi connectivity index (χ0n) is 17.5. The first-order valence-corrected chi connectivity index (χ1v) is 9.58. The molecule has 3 rings (SSSR count). The van der Waals surface area contributed by atoms with Crippen LogP contribution in [0.4, 0.5) is 5.82 Å². The van der Waals surface area contributed by atoms with Crippen molar-refractivity contribution < 1.29 is 33.0 Å². The summed E-state index contributed by atoms with van der Waals surface area (Å²) >= 11 is 0. The van der Waals surface area contributed by atoms with Gasteiger partial charge in [-0.25, -0.2) is 9.78 Å². The lowest BCUT2D eigenvalue weighted by Gasteiger charge is -2.08. The summed E-state index contributed by atoms with van der Waals surface area (Å²) < 4.78 is 26.3. The Morgan fingerprint density at radius 2 is 1.81 bits per heavy atom. The molecule has 10 nitrogen and oxygen atoms in total. The number of furan rings is 1. The molecular weight excluding hydrogens is 406 g/mol. The molecule has 3 aromatic rings. The Kier molecular flexibility index (Phi) is 6.91. The molecule has 0 radical (unpaired) electrons. The number of fused-ring (bicyclic) bond motifs is 1. The Hall–Kier alpha value is -3.82. The first-order valence-electron chi connectivity index (χ1n) is 9.58. The zero-order chi connectivity index (χ0) is 22.4. The number of hydrogen-bond acceptors (Lipinski definition) is 10. The van der Waals surface area contributed by atoms with Gasteiger partial charge in [0.1, 0.15) is 28.6 Å². The minimum absolute atomic E-state index is 0.0383. The Morgan fingerprint density at radius 3 is 2.48 bits per heavy atom. The van der Waals surface area contributed by atoms with Crippen LogP contribution in [0.1, 0.15) is 35.3 Å². The van der Waals surface area contributed by atoms with Gasteiger partial charge in [-0.05, 0) is 38.1 Å². The number of aromatic nitrogens is 2. The van der Waals surface area contributed by atoms with Crippen molar-refractivity contribution in [3.63, 3.8) is 0 Å². The van der Waals surface area contributed by atoms with Gasteiger partial charge in [-0.15, -0.1) is 0 Å². The molecule has 0 atom stereocenters. The molecule has 0 amide bonds. The quantitative estimate of drug-likeness (QED) is 0.506. The number of aryl methyl sites for hydroxylation is 1. The monoisotopic (exact) mass is 429 g/mol. The summed E-state index contributed by atoms with van der Waals surface area (Å²) in [6.07, 6.45) is 0.0383. The van der Waals surface area contributed by atoms with Crippen LogP contribution in [-0.2, 0) is 20.9 Å². The fraction of sp³-hybridized carbons (Fsp3) is 0.333. The van der Waals surface area contributed by atoms with Crippen molar-refractivity contribution in [3.8, 4) is 11.5 Å². The third kappa shape index (κ3) is 5.21. The Labute approximate surface area is 178 Å². The van der Waals surface area contributed by atoms with Crippen molar-refractivity contribution in [2.75, 3.05) is 26.1 Å². The number of anilines is 1. The predicted octanol–water partition coefficient (Wildman–Crippen LogP) is 2.81. The number of nitrogens with zero attached hydrogens (tertiary/aromatic N) is 2. The molecule has 0 spiro atoms. The van der Waals surface area contributed by atoms with Crippen molar-refractivity contribution in [1.82, 2.24) is 9.97 Å². The number of nitrogens with two attached hydrogens (primary N) is 1. The summed E-state index contributed by atoms with van der Waals surface area (Å²) in [6, 6.07) is 7.00. The summed E-state index contributed by atoms with van der Waals surface area (Å²) in [5.41, 5.74) is 6.30. The van der Waals surface area contributed by atoms with E-state index < -0.39 is 11.9 Å². The average Bonchev–Trinajstić information content (AvgIpc) is 3.09. The zero-order valence-corrected chi connectivity index (χ0v) is 17.5. The number of methoxy groups -OCH3 is 1. The second-order valence-corrected chi connectivity index (χ2v) is 6.39. The molecule has 2 N–H and O–H groups in total. The first-order chi connectivity index (χ1) is 14.9. The molecule has 0 unspecified atom stereocenters.